The van der Waals surface area contributed by atoms with Gasteiger partial charge in [-0.05, 0) is 54.1 Å². The number of nitrogens with zero attached hydrogens (tertiary/aromatic N) is 2. The highest BCUT2D eigenvalue weighted by atomic mass is 35.5. The fourth-order valence-electron chi connectivity index (χ4n) is 4.35. The van der Waals surface area contributed by atoms with E-state index in [0.29, 0.717) is 17.1 Å². The van der Waals surface area contributed by atoms with Gasteiger partial charge in [0.1, 0.15) is 6.10 Å². The van der Waals surface area contributed by atoms with Crippen LogP contribution in [0.4, 0.5) is 11.4 Å². The summed E-state index contributed by atoms with van der Waals surface area (Å²) in [4.78, 5) is 6.61. The van der Waals surface area contributed by atoms with Gasteiger partial charge in [-0.2, -0.15) is 0 Å². The molecule has 1 heterocycles. The number of anilines is 2. The predicted octanol–water partition coefficient (Wildman–Crippen LogP) is 6.49. The van der Waals surface area contributed by atoms with Crippen molar-refractivity contribution in [1.29, 1.82) is 0 Å². The molecule has 0 saturated carbocycles. The first-order chi connectivity index (χ1) is 17.0. The summed E-state index contributed by atoms with van der Waals surface area (Å²) in [5, 5.41) is 2.39. The van der Waals surface area contributed by atoms with Gasteiger partial charge in [0.05, 0.1) is 28.9 Å². The van der Waals surface area contributed by atoms with Crippen molar-refractivity contribution in [3.8, 4) is 0 Å². The molecule has 1 aliphatic heterocycles. The van der Waals surface area contributed by atoms with Crippen LogP contribution in [0.25, 0.3) is 0 Å². The number of hydrogen-bond donors (Lipinski definition) is 0. The maximum absolute atomic E-state index is 13.7. The molecule has 4 aromatic rings. The molecule has 1 fully saturated rings. The second-order valence-electron chi connectivity index (χ2n) is 8.38. The number of halogens is 1. The molecule has 0 unspecified atom stereocenters. The summed E-state index contributed by atoms with van der Waals surface area (Å²) >= 11 is 6.01. The SMILES string of the molecule is O=S(=O)(c1ccc(Cl)cc1)N(C[C@@H]1C[C@@H](c2ccccc2)N(c2ccccc2)O1)c1ccccc1. The lowest BCUT2D eigenvalue weighted by Gasteiger charge is -2.28. The van der Waals surface area contributed by atoms with Crippen molar-refractivity contribution in [2.24, 2.45) is 0 Å². The van der Waals surface area contributed by atoms with Gasteiger partial charge < -0.3 is 0 Å². The Balaban J connectivity index is 1.49. The van der Waals surface area contributed by atoms with Gasteiger partial charge >= 0.3 is 0 Å². The second kappa shape index (κ2) is 10.1. The zero-order valence-electron chi connectivity index (χ0n) is 18.9. The minimum absolute atomic E-state index is 0.0422. The van der Waals surface area contributed by atoms with Crippen molar-refractivity contribution in [3.63, 3.8) is 0 Å². The molecule has 0 bridgehead atoms. The normalized spacial score (nSPS) is 17.9. The molecule has 0 radical (unpaired) electrons. The van der Waals surface area contributed by atoms with E-state index in [-0.39, 0.29) is 23.6 Å². The highest BCUT2D eigenvalue weighted by Crippen LogP contribution is 2.39. The topological polar surface area (TPSA) is 49.9 Å². The van der Waals surface area contributed by atoms with Gasteiger partial charge in [-0.1, -0.05) is 78.3 Å². The third-order valence-corrected chi connectivity index (χ3v) is 8.10. The van der Waals surface area contributed by atoms with Crippen molar-refractivity contribution >= 4 is 33.0 Å². The lowest BCUT2D eigenvalue weighted by Crippen LogP contribution is -2.38. The standard InChI is InChI=1S/C28H25ClN2O3S/c29-23-16-18-27(19-17-23)35(32,33)30(24-12-6-2-7-13-24)21-26-20-28(22-10-4-1-5-11-22)31(34-26)25-14-8-3-9-15-25/h1-19,26,28H,20-21H2/t26-,28-/m0/s1. The molecule has 5 rings (SSSR count). The van der Waals surface area contributed by atoms with Gasteiger partial charge in [-0.3, -0.25) is 9.14 Å². The third-order valence-electron chi connectivity index (χ3n) is 6.04. The average Bonchev–Trinajstić information content (AvgIpc) is 3.33. The Kier molecular flexibility index (Phi) is 6.77. The first kappa shape index (κ1) is 23.4. The van der Waals surface area contributed by atoms with E-state index >= 15 is 0 Å². The van der Waals surface area contributed by atoms with E-state index in [4.69, 9.17) is 16.4 Å². The van der Waals surface area contributed by atoms with Gasteiger partial charge in [0.2, 0.25) is 0 Å². The Morgan fingerprint density at radius 1 is 0.800 bits per heavy atom. The maximum Gasteiger partial charge on any atom is 0.264 e. The molecular formula is C28H25ClN2O3S. The summed E-state index contributed by atoms with van der Waals surface area (Å²) in [6, 6.07) is 35.4. The van der Waals surface area contributed by atoms with Gasteiger partial charge in [0.15, 0.2) is 0 Å². The monoisotopic (exact) mass is 504 g/mol. The third kappa shape index (κ3) is 5.05. The van der Waals surface area contributed by atoms with Crippen LogP contribution in [0.15, 0.2) is 120 Å². The van der Waals surface area contributed by atoms with Crippen molar-refractivity contribution in [1.82, 2.24) is 0 Å². The summed E-state index contributed by atoms with van der Waals surface area (Å²) in [5.41, 5.74) is 2.63. The Morgan fingerprint density at radius 3 is 2.00 bits per heavy atom. The number of hydrogen-bond acceptors (Lipinski definition) is 4. The zero-order chi connectivity index (χ0) is 24.3. The number of sulfonamides is 1. The average molecular weight is 505 g/mol. The molecule has 35 heavy (non-hydrogen) atoms. The molecule has 5 nitrogen and oxygen atoms in total. The van der Waals surface area contributed by atoms with Crippen LogP contribution in [0.3, 0.4) is 0 Å². The molecular weight excluding hydrogens is 480 g/mol. The lowest BCUT2D eigenvalue weighted by atomic mass is 10.0. The zero-order valence-corrected chi connectivity index (χ0v) is 20.5. The molecule has 2 atom stereocenters. The van der Waals surface area contributed by atoms with Crippen LogP contribution >= 0.6 is 11.6 Å². The summed E-state index contributed by atoms with van der Waals surface area (Å²) < 4.78 is 28.9. The quantitative estimate of drug-likeness (QED) is 0.289. The number of para-hydroxylation sites is 2. The Morgan fingerprint density at radius 2 is 1.37 bits per heavy atom. The van der Waals surface area contributed by atoms with E-state index in [1.54, 1.807) is 24.3 Å². The van der Waals surface area contributed by atoms with Crippen LogP contribution in [0.2, 0.25) is 5.02 Å². The van der Waals surface area contributed by atoms with Gasteiger partial charge in [0, 0.05) is 11.4 Å². The molecule has 1 aliphatic rings. The Labute approximate surface area is 211 Å². The number of rotatable bonds is 7. The highest BCUT2D eigenvalue weighted by molar-refractivity contribution is 7.92. The minimum Gasteiger partial charge on any atom is -0.268 e. The minimum atomic E-state index is -3.85. The summed E-state index contributed by atoms with van der Waals surface area (Å²) in [5.74, 6) is 0. The molecule has 178 valence electrons. The van der Waals surface area contributed by atoms with Crippen molar-refractivity contribution in [3.05, 3.63) is 126 Å². The Bertz CT molecular complexity index is 1300. The molecule has 0 amide bonds. The van der Waals surface area contributed by atoms with E-state index < -0.39 is 10.0 Å². The summed E-state index contributed by atoms with van der Waals surface area (Å²) in [6.45, 7) is 0.168. The van der Waals surface area contributed by atoms with E-state index in [2.05, 4.69) is 12.1 Å². The number of benzene rings is 4. The lowest BCUT2D eigenvalue weighted by molar-refractivity contribution is 0.0898. The highest BCUT2D eigenvalue weighted by Gasteiger charge is 2.38. The second-order valence-corrected chi connectivity index (χ2v) is 10.7. The molecule has 0 N–H and O–H groups in total. The largest absolute Gasteiger partial charge is 0.268 e. The first-order valence-electron chi connectivity index (χ1n) is 11.4. The molecule has 1 saturated heterocycles. The van der Waals surface area contributed by atoms with Crippen LogP contribution in [-0.2, 0) is 14.9 Å². The summed E-state index contributed by atoms with van der Waals surface area (Å²) in [7, 11) is -3.85. The molecule has 4 aromatic carbocycles. The predicted molar refractivity (Wildman–Crippen MR) is 140 cm³/mol. The van der Waals surface area contributed by atoms with Crippen LogP contribution < -0.4 is 9.37 Å². The van der Waals surface area contributed by atoms with E-state index in [0.717, 1.165) is 11.3 Å². The fraction of sp³-hybridized carbons (Fsp3) is 0.143. The first-order valence-corrected chi connectivity index (χ1v) is 13.2. The smallest absolute Gasteiger partial charge is 0.264 e. The van der Waals surface area contributed by atoms with Crippen molar-refractivity contribution < 1.29 is 13.3 Å². The van der Waals surface area contributed by atoms with E-state index in [9.17, 15) is 8.42 Å². The molecule has 0 spiro atoms. The number of hydroxylamine groups is 1. The van der Waals surface area contributed by atoms with Crippen molar-refractivity contribution in [2.75, 3.05) is 15.9 Å². The fourth-order valence-corrected chi connectivity index (χ4v) is 5.97. The Hall–Kier alpha value is -3.32. The van der Waals surface area contributed by atoms with Gasteiger partial charge in [0.25, 0.3) is 10.0 Å². The van der Waals surface area contributed by atoms with E-state index in [1.165, 1.54) is 16.4 Å². The van der Waals surface area contributed by atoms with Gasteiger partial charge in [-0.25, -0.2) is 13.5 Å². The maximum atomic E-state index is 13.7. The molecule has 7 heteroatoms. The van der Waals surface area contributed by atoms with Crippen LogP contribution in [0.5, 0.6) is 0 Å². The van der Waals surface area contributed by atoms with E-state index in [1.807, 2.05) is 71.8 Å². The molecule has 0 aliphatic carbocycles. The van der Waals surface area contributed by atoms with Crippen LogP contribution in [-0.4, -0.2) is 21.1 Å². The van der Waals surface area contributed by atoms with Crippen molar-refractivity contribution in [2.45, 2.75) is 23.5 Å². The van der Waals surface area contributed by atoms with Gasteiger partial charge in [-0.15, -0.1) is 0 Å². The van der Waals surface area contributed by atoms with Crippen LogP contribution in [0.1, 0.15) is 18.0 Å². The van der Waals surface area contributed by atoms with Crippen LogP contribution in [0, 0.1) is 0 Å². The summed E-state index contributed by atoms with van der Waals surface area (Å²) in [6.07, 6.45) is 0.279. The molecule has 0 aromatic heterocycles.